The minimum Gasteiger partial charge on any atom is -0.393 e. The summed E-state index contributed by atoms with van der Waals surface area (Å²) in [6.45, 7) is 25.2. The van der Waals surface area contributed by atoms with Crippen LogP contribution in [-0.2, 0) is 0 Å². The molecule has 1 atom stereocenters. The Hall–Kier alpha value is -8.79. The van der Waals surface area contributed by atoms with Crippen molar-refractivity contribution in [3.05, 3.63) is 159 Å². The molecule has 0 bridgehead atoms. The number of aliphatic hydroxyl groups is 3. The number of fused-ring (bicyclic) bond motifs is 3. The summed E-state index contributed by atoms with van der Waals surface area (Å²) in [5.41, 5.74) is 16.1. The van der Waals surface area contributed by atoms with Crippen LogP contribution >= 0.6 is 0 Å². The molecule has 7 fully saturated rings. The molecule has 0 radical (unpaired) electrons. The van der Waals surface area contributed by atoms with Crippen LogP contribution in [0.5, 0.6) is 0 Å². The molecule has 6 N–H and O–H groups in total. The molecule has 9 heterocycles. The third kappa shape index (κ3) is 19.8. The van der Waals surface area contributed by atoms with Gasteiger partial charge in [-0.15, -0.1) is 0 Å². The third-order valence-electron chi connectivity index (χ3n) is 25.5. The molecule has 3 aliphatic heterocycles. The van der Waals surface area contributed by atoms with Crippen LogP contribution in [0.1, 0.15) is 298 Å². The lowest BCUT2D eigenvalue weighted by Crippen LogP contribution is -2.38. The third-order valence-corrected chi connectivity index (χ3v) is 25.5. The number of hydrogen-bond donors (Lipinski definition) is 6. The first-order valence-electron chi connectivity index (χ1n) is 43.2. The van der Waals surface area contributed by atoms with Crippen LogP contribution in [0.25, 0.3) is 33.1 Å². The Balaban J connectivity index is 0.000000141. The smallest absolute Gasteiger partial charge is 0.253 e. The van der Waals surface area contributed by atoms with Gasteiger partial charge in [0.2, 0.25) is 17.8 Å². The van der Waals surface area contributed by atoms with Crippen molar-refractivity contribution in [2.45, 2.75) is 283 Å². The minimum atomic E-state index is -0.187. The maximum absolute atomic E-state index is 13.2. The van der Waals surface area contributed by atoms with E-state index in [4.69, 9.17) is 24.9 Å². The second kappa shape index (κ2) is 36.8. The zero-order valence-electron chi connectivity index (χ0n) is 68.8. The van der Waals surface area contributed by atoms with Gasteiger partial charge in [-0.05, 0) is 260 Å². The standard InChI is InChI=1S/C31H41N5O2.C31H43N5O2.C30H41N5O2/c1-20-15-21(2)17-24(16-20)30(38)35-13-10-23(11-14-35)28-19-36(25-5-7-26(37)8-6-25)29-27(28)18-33-31(34-29)32-12-9-22-3-4-22;1-5-6-22(4)33-31-32-18-27-28(19-36(29(27)34-31)25-7-9-26(37)10-8-25)23-11-13-35(14-12-23)30(38)24-16-20(2)15-21(3)17-24;1-4-5-12-31-30-32-18-26-27(19-35(28(26)33-30)24-6-8-25(36)9-7-24)22-10-13-34(14-11-22)29(37)23-16-20(2)15-21(3)17-23/h15-19,22-23,25-26,37H,3-14H2,1-2H3,(H,32,33,34);15-19,22-23,25-26,37H,5-14H2,1-4H3,(H,32,33,34);15-19,22,24-25,36H,4-14H2,1-3H3,(H,31,32,33)/t;22-,25?,26?;/m.0./s1. The van der Waals surface area contributed by atoms with E-state index in [1.165, 1.54) is 36.0 Å². The Labute approximate surface area is 669 Å². The maximum Gasteiger partial charge on any atom is 0.253 e. The molecule has 3 amide bonds. The van der Waals surface area contributed by atoms with Crippen molar-refractivity contribution < 1.29 is 29.7 Å². The molecule has 3 aromatic carbocycles. The average molecular weight is 1540 g/mol. The number of hydrogen-bond acceptors (Lipinski definition) is 15. The zero-order valence-corrected chi connectivity index (χ0v) is 68.8. The molecule has 16 rings (SSSR count). The highest BCUT2D eigenvalue weighted by molar-refractivity contribution is 5.96. The molecule has 6 aromatic heterocycles. The van der Waals surface area contributed by atoms with Crippen LogP contribution in [-0.4, -0.2) is 168 Å². The molecular formula is C92H125N15O6. The molecule has 4 aliphatic carbocycles. The van der Waals surface area contributed by atoms with Gasteiger partial charge in [0.25, 0.3) is 17.7 Å². The lowest BCUT2D eigenvalue weighted by Gasteiger charge is -2.32. The summed E-state index contributed by atoms with van der Waals surface area (Å²) in [7, 11) is 0. The number of carbonyl (C=O) groups excluding carboxylic acids is 3. The molecule has 0 spiro atoms. The Morgan fingerprint density at radius 3 is 1.03 bits per heavy atom. The van der Waals surface area contributed by atoms with E-state index in [2.05, 4.69) is 106 Å². The summed E-state index contributed by atoms with van der Waals surface area (Å²) in [5, 5.41) is 44.0. The van der Waals surface area contributed by atoms with Crippen LogP contribution in [0.15, 0.2) is 91.8 Å². The van der Waals surface area contributed by atoms with E-state index in [-0.39, 0.29) is 36.0 Å². The van der Waals surface area contributed by atoms with Crippen molar-refractivity contribution >= 4 is 68.7 Å². The SMILES string of the molecule is CCCCNc1ncc2c(C3CCN(C(=O)c4cc(C)cc(C)c4)CC3)cn(C3CCC(O)CC3)c2n1.CCC[C@H](C)Nc1ncc2c(C3CCN(C(=O)c4cc(C)cc(C)c4)CC3)cn(C3CCC(O)CC3)c2n1.Cc1cc(C)cc(C(=O)N2CCC(c3cn(C4CCC(O)CC4)c4nc(NCCC5CC5)ncc34)CC2)c1. The minimum absolute atomic E-state index is 0.138. The number of nitrogens with zero attached hydrogens (tertiary/aromatic N) is 12. The fourth-order valence-corrected chi connectivity index (χ4v) is 19.1. The molecule has 3 saturated heterocycles. The highest BCUT2D eigenvalue weighted by Gasteiger charge is 2.35. The number of carbonyl (C=O) groups is 3. The van der Waals surface area contributed by atoms with E-state index in [0.717, 1.165) is 283 Å². The van der Waals surface area contributed by atoms with E-state index in [0.29, 0.717) is 59.8 Å². The van der Waals surface area contributed by atoms with Crippen molar-refractivity contribution in [3.63, 3.8) is 0 Å². The molecule has 9 aromatic rings. The van der Waals surface area contributed by atoms with Gasteiger partial charge < -0.3 is 59.7 Å². The van der Waals surface area contributed by atoms with Gasteiger partial charge >= 0.3 is 0 Å². The van der Waals surface area contributed by atoms with Gasteiger partial charge in [-0.3, -0.25) is 14.4 Å². The first kappa shape index (κ1) is 80.8. The highest BCUT2D eigenvalue weighted by Crippen LogP contribution is 2.43. The van der Waals surface area contributed by atoms with Crippen molar-refractivity contribution in [2.24, 2.45) is 5.92 Å². The van der Waals surface area contributed by atoms with Gasteiger partial charge in [0.15, 0.2) is 0 Å². The number of aryl methyl sites for hydroxylation is 6. The summed E-state index contributed by atoms with van der Waals surface area (Å²) in [4.78, 5) is 74.8. The van der Waals surface area contributed by atoms with Gasteiger partial charge in [0.05, 0.1) is 18.3 Å². The van der Waals surface area contributed by atoms with Crippen LogP contribution < -0.4 is 16.0 Å². The largest absolute Gasteiger partial charge is 0.393 e. The van der Waals surface area contributed by atoms with Gasteiger partial charge in [0, 0.05) is 147 Å². The van der Waals surface area contributed by atoms with Crippen LogP contribution in [0.4, 0.5) is 17.8 Å². The normalized spacial score (nSPS) is 21.7. The summed E-state index contributed by atoms with van der Waals surface area (Å²) in [6.07, 6.45) is 37.2. The summed E-state index contributed by atoms with van der Waals surface area (Å²) < 4.78 is 7.09. The molecule has 7 aliphatic rings. The van der Waals surface area contributed by atoms with E-state index >= 15 is 0 Å². The Kier molecular flexibility index (Phi) is 26.3. The van der Waals surface area contributed by atoms with E-state index in [9.17, 15) is 29.7 Å². The number of rotatable bonds is 21. The first-order valence-corrected chi connectivity index (χ1v) is 43.2. The van der Waals surface area contributed by atoms with Crippen molar-refractivity contribution in [2.75, 3.05) is 68.3 Å². The lowest BCUT2D eigenvalue weighted by atomic mass is 9.89. The van der Waals surface area contributed by atoms with Gasteiger partial charge in [-0.25, -0.2) is 15.0 Å². The average Bonchev–Trinajstić information content (AvgIpc) is 1.63. The Morgan fingerprint density at radius 2 is 0.717 bits per heavy atom. The molecular weight excluding hydrogens is 1410 g/mol. The van der Waals surface area contributed by atoms with Gasteiger partial charge in [-0.2, -0.15) is 15.0 Å². The molecule has 21 heteroatoms. The second-order valence-electron chi connectivity index (χ2n) is 34.8. The van der Waals surface area contributed by atoms with Gasteiger partial charge in [-0.1, -0.05) is 91.1 Å². The number of anilines is 3. The van der Waals surface area contributed by atoms with Crippen molar-refractivity contribution in [1.29, 1.82) is 0 Å². The molecule has 113 heavy (non-hydrogen) atoms. The van der Waals surface area contributed by atoms with Gasteiger partial charge in [0.1, 0.15) is 16.9 Å². The fourth-order valence-electron chi connectivity index (χ4n) is 19.1. The van der Waals surface area contributed by atoms with Crippen molar-refractivity contribution in [1.82, 2.24) is 58.3 Å². The van der Waals surface area contributed by atoms with Crippen LogP contribution in [0, 0.1) is 47.5 Å². The second-order valence-corrected chi connectivity index (χ2v) is 34.8. The predicted octanol–water partition coefficient (Wildman–Crippen LogP) is 17.7. The first-order chi connectivity index (χ1) is 54.7. The van der Waals surface area contributed by atoms with Crippen molar-refractivity contribution in [3.8, 4) is 0 Å². The Bertz CT molecular complexity index is 4680. The number of nitrogens with one attached hydrogen (secondary N) is 3. The molecule has 0 unspecified atom stereocenters. The highest BCUT2D eigenvalue weighted by atomic mass is 16.3. The molecule has 21 nitrogen and oxygen atoms in total. The predicted molar refractivity (Wildman–Crippen MR) is 452 cm³/mol. The van der Waals surface area contributed by atoms with E-state index in [1.807, 2.05) is 97.4 Å². The number of unbranched alkanes of at least 4 members (excludes halogenated alkanes) is 1. The molecule has 604 valence electrons. The summed E-state index contributed by atoms with van der Waals surface area (Å²) in [5.74, 6) is 4.53. The van der Waals surface area contributed by atoms with E-state index in [1.54, 1.807) is 0 Å². The quantitative estimate of drug-likeness (QED) is 0.0366. The zero-order chi connectivity index (χ0) is 79.0. The number of benzene rings is 3. The lowest BCUT2D eigenvalue weighted by molar-refractivity contribution is 0.0705. The molecule has 4 saturated carbocycles. The number of aromatic nitrogens is 9. The van der Waals surface area contributed by atoms with Crippen LogP contribution in [0.3, 0.4) is 0 Å². The monoisotopic (exact) mass is 1540 g/mol. The summed E-state index contributed by atoms with van der Waals surface area (Å²) in [6, 6.07) is 19.7. The fraction of sp³-hybridized carbons (Fsp3) is 0.576. The number of likely N-dealkylation sites (tertiary alicyclic amines) is 3. The summed E-state index contributed by atoms with van der Waals surface area (Å²) >= 11 is 0. The maximum atomic E-state index is 13.2. The van der Waals surface area contributed by atoms with Crippen LogP contribution in [0.2, 0.25) is 0 Å². The topological polar surface area (TPSA) is 250 Å². The number of aliphatic hydroxyl groups excluding tert-OH is 3. The Morgan fingerprint density at radius 1 is 0.407 bits per heavy atom. The van der Waals surface area contributed by atoms with E-state index < -0.39 is 0 Å². The number of amides is 3. The number of piperidine rings is 3.